The van der Waals surface area contributed by atoms with E-state index in [-0.39, 0.29) is 11.9 Å². The zero-order valence-electron chi connectivity index (χ0n) is 12.0. The lowest BCUT2D eigenvalue weighted by molar-refractivity contribution is 0.459. The fraction of sp³-hybridized carbons (Fsp3) is 0.312. The van der Waals surface area contributed by atoms with Crippen LogP contribution in [0.15, 0.2) is 36.5 Å². The Hall–Kier alpha value is -1.94. The van der Waals surface area contributed by atoms with E-state index in [0.29, 0.717) is 17.2 Å². The summed E-state index contributed by atoms with van der Waals surface area (Å²) in [5, 5.41) is 3.32. The molecule has 20 heavy (non-hydrogen) atoms. The molecule has 0 aliphatic heterocycles. The number of hydrogen-bond acceptors (Lipinski definition) is 3. The number of pyridine rings is 1. The van der Waals surface area contributed by atoms with Crippen LogP contribution in [0.1, 0.15) is 31.0 Å². The van der Waals surface area contributed by atoms with Crippen LogP contribution in [0.25, 0.3) is 0 Å². The first kappa shape index (κ1) is 14.5. The Kier molecular flexibility index (Phi) is 4.69. The summed E-state index contributed by atoms with van der Waals surface area (Å²) in [6.45, 7) is 6.77. The van der Waals surface area contributed by atoms with Gasteiger partial charge in [0.25, 0.3) is 0 Å². The number of ether oxygens (including phenoxy) is 1. The second kappa shape index (κ2) is 6.48. The highest BCUT2D eigenvalue weighted by Gasteiger charge is 2.06. The molecule has 4 heteroatoms. The Morgan fingerprint density at radius 2 is 2.10 bits per heavy atom. The van der Waals surface area contributed by atoms with Crippen LogP contribution in [-0.2, 0) is 0 Å². The molecule has 0 aliphatic carbocycles. The maximum absolute atomic E-state index is 13.2. The predicted molar refractivity (Wildman–Crippen MR) is 77.5 cm³/mol. The van der Waals surface area contributed by atoms with Gasteiger partial charge in [-0.25, -0.2) is 9.37 Å². The minimum absolute atomic E-state index is 0.236. The van der Waals surface area contributed by atoms with Crippen LogP contribution in [0.5, 0.6) is 11.6 Å². The Bertz CT molecular complexity index is 569. The van der Waals surface area contributed by atoms with Gasteiger partial charge >= 0.3 is 0 Å². The SMILES string of the molecule is CCNC(C)c1ccc(Oc2ccc(F)c(C)c2)nc1. The Balaban J connectivity index is 2.08. The van der Waals surface area contributed by atoms with Gasteiger partial charge in [0.1, 0.15) is 11.6 Å². The van der Waals surface area contributed by atoms with Crippen molar-refractivity contribution >= 4 is 0 Å². The summed E-state index contributed by atoms with van der Waals surface area (Å²) in [5.41, 5.74) is 1.66. The first-order valence-corrected chi connectivity index (χ1v) is 6.73. The lowest BCUT2D eigenvalue weighted by atomic mass is 10.1. The maximum Gasteiger partial charge on any atom is 0.219 e. The first-order valence-electron chi connectivity index (χ1n) is 6.73. The van der Waals surface area contributed by atoms with E-state index in [1.54, 1.807) is 25.3 Å². The van der Waals surface area contributed by atoms with E-state index >= 15 is 0 Å². The van der Waals surface area contributed by atoms with Gasteiger partial charge in [-0.1, -0.05) is 13.0 Å². The van der Waals surface area contributed by atoms with Crippen molar-refractivity contribution in [2.75, 3.05) is 6.54 Å². The molecular weight excluding hydrogens is 255 g/mol. The first-order chi connectivity index (χ1) is 9.60. The minimum Gasteiger partial charge on any atom is -0.439 e. The van der Waals surface area contributed by atoms with Crippen LogP contribution in [-0.4, -0.2) is 11.5 Å². The number of nitrogens with one attached hydrogen (secondary N) is 1. The summed E-state index contributed by atoms with van der Waals surface area (Å²) in [4.78, 5) is 4.27. The van der Waals surface area contributed by atoms with E-state index in [1.165, 1.54) is 6.07 Å². The highest BCUT2D eigenvalue weighted by molar-refractivity contribution is 5.32. The van der Waals surface area contributed by atoms with Gasteiger partial charge < -0.3 is 10.1 Å². The summed E-state index contributed by atoms with van der Waals surface area (Å²) >= 11 is 0. The van der Waals surface area contributed by atoms with Crippen molar-refractivity contribution in [1.29, 1.82) is 0 Å². The lowest BCUT2D eigenvalue weighted by Crippen LogP contribution is -2.17. The summed E-state index contributed by atoms with van der Waals surface area (Å²) in [6.07, 6.45) is 1.79. The molecule has 0 saturated carbocycles. The second-order valence-corrected chi connectivity index (χ2v) is 4.72. The molecule has 0 aliphatic rings. The smallest absolute Gasteiger partial charge is 0.219 e. The molecule has 0 radical (unpaired) electrons. The Morgan fingerprint density at radius 3 is 2.70 bits per heavy atom. The third-order valence-electron chi connectivity index (χ3n) is 3.12. The van der Waals surface area contributed by atoms with Gasteiger partial charge in [-0.15, -0.1) is 0 Å². The fourth-order valence-corrected chi connectivity index (χ4v) is 1.93. The summed E-state index contributed by atoms with van der Waals surface area (Å²) in [7, 11) is 0. The van der Waals surface area contributed by atoms with E-state index in [0.717, 1.165) is 12.1 Å². The summed E-state index contributed by atoms with van der Waals surface area (Å²) in [5.74, 6) is 0.854. The second-order valence-electron chi connectivity index (χ2n) is 4.72. The van der Waals surface area contributed by atoms with Crippen molar-refractivity contribution in [3.63, 3.8) is 0 Å². The van der Waals surface area contributed by atoms with Gasteiger partial charge in [0.2, 0.25) is 5.88 Å². The normalized spacial score (nSPS) is 12.2. The topological polar surface area (TPSA) is 34.1 Å². The van der Waals surface area contributed by atoms with Crippen molar-refractivity contribution in [2.45, 2.75) is 26.8 Å². The molecule has 0 bridgehead atoms. The highest BCUT2D eigenvalue weighted by atomic mass is 19.1. The highest BCUT2D eigenvalue weighted by Crippen LogP contribution is 2.22. The molecule has 1 N–H and O–H groups in total. The van der Waals surface area contributed by atoms with Gasteiger partial charge in [-0.2, -0.15) is 0 Å². The largest absolute Gasteiger partial charge is 0.439 e. The average Bonchev–Trinajstić information content (AvgIpc) is 2.44. The number of halogens is 1. The third-order valence-corrected chi connectivity index (χ3v) is 3.12. The molecule has 2 aromatic rings. The molecule has 1 heterocycles. The van der Waals surface area contributed by atoms with Gasteiger partial charge in [-0.3, -0.25) is 0 Å². The van der Waals surface area contributed by atoms with Crippen molar-refractivity contribution in [3.8, 4) is 11.6 Å². The number of aromatic nitrogens is 1. The minimum atomic E-state index is -0.236. The Labute approximate surface area is 118 Å². The number of hydrogen-bond donors (Lipinski definition) is 1. The fourth-order valence-electron chi connectivity index (χ4n) is 1.93. The zero-order chi connectivity index (χ0) is 14.5. The van der Waals surface area contributed by atoms with Gasteiger partial charge in [-0.05, 0) is 49.7 Å². The number of benzene rings is 1. The molecule has 1 aromatic heterocycles. The predicted octanol–water partition coefficient (Wildman–Crippen LogP) is 3.99. The molecule has 1 atom stereocenters. The molecule has 1 unspecified atom stereocenters. The molecule has 0 saturated heterocycles. The molecule has 3 nitrogen and oxygen atoms in total. The van der Waals surface area contributed by atoms with Gasteiger partial charge in [0.05, 0.1) is 0 Å². The molecule has 106 valence electrons. The summed E-state index contributed by atoms with van der Waals surface area (Å²) in [6, 6.07) is 8.71. The Morgan fingerprint density at radius 1 is 1.30 bits per heavy atom. The zero-order valence-corrected chi connectivity index (χ0v) is 12.0. The average molecular weight is 274 g/mol. The maximum atomic E-state index is 13.2. The van der Waals surface area contributed by atoms with Crippen LogP contribution in [0.3, 0.4) is 0 Å². The van der Waals surface area contributed by atoms with Crippen molar-refractivity contribution < 1.29 is 9.13 Å². The van der Waals surface area contributed by atoms with Crippen LogP contribution in [0, 0.1) is 12.7 Å². The molecular formula is C16H19FN2O. The van der Waals surface area contributed by atoms with E-state index in [1.807, 2.05) is 12.1 Å². The lowest BCUT2D eigenvalue weighted by Gasteiger charge is -2.12. The third kappa shape index (κ3) is 3.54. The molecule has 0 amide bonds. The van der Waals surface area contributed by atoms with Gasteiger partial charge in [0, 0.05) is 18.3 Å². The number of rotatable bonds is 5. The molecule has 2 rings (SSSR count). The van der Waals surface area contributed by atoms with Crippen molar-refractivity contribution in [1.82, 2.24) is 10.3 Å². The van der Waals surface area contributed by atoms with E-state index in [9.17, 15) is 4.39 Å². The monoisotopic (exact) mass is 274 g/mol. The molecule has 0 spiro atoms. The number of nitrogens with zero attached hydrogens (tertiary/aromatic N) is 1. The van der Waals surface area contributed by atoms with Crippen LogP contribution in [0.2, 0.25) is 0 Å². The van der Waals surface area contributed by atoms with Crippen LogP contribution in [0.4, 0.5) is 4.39 Å². The quantitative estimate of drug-likeness (QED) is 0.895. The molecule has 0 fully saturated rings. The number of aryl methyl sites for hydroxylation is 1. The standard InChI is InChI=1S/C16H19FN2O/c1-4-18-12(3)13-5-8-16(19-10-13)20-14-6-7-15(17)11(2)9-14/h5-10,12,18H,4H2,1-3H3. The summed E-state index contributed by atoms with van der Waals surface area (Å²) < 4.78 is 18.8. The van der Waals surface area contributed by atoms with Crippen molar-refractivity contribution in [2.24, 2.45) is 0 Å². The van der Waals surface area contributed by atoms with Crippen molar-refractivity contribution in [3.05, 3.63) is 53.5 Å². The van der Waals surface area contributed by atoms with Crippen LogP contribution >= 0.6 is 0 Å². The van der Waals surface area contributed by atoms with E-state index < -0.39 is 0 Å². The molecule has 1 aromatic carbocycles. The van der Waals surface area contributed by atoms with Crippen LogP contribution < -0.4 is 10.1 Å². The van der Waals surface area contributed by atoms with E-state index in [4.69, 9.17) is 4.74 Å². The van der Waals surface area contributed by atoms with Gasteiger partial charge in [0.15, 0.2) is 0 Å². The van der Waals surface area contributed by atoms with E-state index in [2.05, 4.69) is 24.1 Å².